The molecule has 7 heteroatoms. The molecule has 0 amide bonds. The molecule has 1 aromatic carbocycles. The summed E-state index contributed by atoms with van der Waals surface area (Å²) < 4.78 is 1.34. The predicted molar refractivity (Wildman–Crippen MR) is 137 cm³/mol. The Morgan fingerprint density at radius 3 is 2.71 bits per heavy atom. The fourth-order valence-electron chi connectivity index (χ4n) is 4.15. The second-order valence-electron chi connectivity index (χ2n) is 8.01. The zero-order chi connectivity index (χ0) is 23.2. The van der Waals surface area contributed by atoms with Crippen molar-refractivity contribution in [1.29, 1.82) is 0 Å². The molecule has 0 spiro atoms. The molecule has 6 rings (SSSR count). The van der Waals surface area contributed by atoms with E-state index in [1.54, 1.807) is 42.1 Å². The molecule has 0 aliphatic rings. The number of aryl methyl sites for hydroxylation is 1. The van der Waals surface area contributed by atoms with E-state index in [1.807, 2.05) is 30.3 Å². The Balaban J connectivity index is 1.66. The van der Waals surface area contributed by atoms with E-state index in [0.29, 0.717) is 11.0 Å². The van der Waals surface area contributed by atoms with Gasteiger partial charge in [0.05, 0.1) is 21.5 Å². The number of rotatable bonds is 3. The molecule has 34 heavy (non-hydrogen) atoms. The number of pyridine rings is 4. The number of benzene rings is 1. The fraction of sp³-hybridized carbons (Fsp3) is 0.0370. The third-order valence-electron chi connectivity index (χ3n) is 5.82. The molecule has 6 aromatic rings. The van der Waals surface area contributed by atoms with Crippen molar-refractivity contribution in [1.82, 2.24) is 19.5 Å². The Morgan fingerprint density at radius 1 is 0.971 bits per heavy atom. The van der Waals surface area contributed by atoms with Gasteiger partial charge in [-0.3, -0.25) is 19.1 Å². The van der Waals surface area contributed by atoms with Crippen LogP contribution in [-0.2, 0) is 0 Å². The fourth-order valence-corrected chi connectivity index (χ4v) is 5.03. The van der Waals surface area contributed by atoms with Crippen molar-refractivity contribution < 1.29 is 0 Å². The lowest BCUT2D eigenvalue weighted by Crippen LogP contribution is -2.23. The first kappa shape index (κ1) is 20.3. The van der Waals surface area contributed by atoms with Crippen LogP contribution in [0, 0.1) is 6.92 Å². The van der Waals surface area contributed by atoms with Gasteiger partial charge in [0, 0.05) is 40.5 Å². The molecule has 0 aliphatic heterocycles. The third kappa shape index (κ3) is 3.34. The van der Waals surface area contributed by atoms with Crippen LogP contribution >= 0.6 is 11.3 Å². The van der Waals surface area contributed by atoms with E-state index in [4.69, 9.17) is 4.98 Å². The average Bonchev–Trinajstić information content (AvgIpc) is 3.30. The number of nitrogens with zero attached hydrogens (tertiary/aromatic N) is 3. The van der Waals surface area contributed by atoms with Gasteiger partial charge in [0.25, 0.3) is 5.56 Å². The van der Waals surface area contributed by atoms with Crippen LogP contribution in [0.25, 0.3) is 49.3 Å². The van der Waals surface area contributed by atoms with Gasteiger partial charge >= 0.3 is 0 Å². The van der Waals surface area contributed by atoms with Crippen molar-refractivity contribution in [3.8, 4) is 27.4 Å². The molecule has 0 radical (unpaired) electrons. The Kier molecular flexibility index (Phi) is 4.71. The van der Waals surface area contributed by atoms with Crippen molar-refractivity contribution in [2.45, 2.75) is 6.92 Å². The largest absolute Gasteiger partial charge is 0.344 e. The number of hydrogen-bond donors (Lipinski definition) is 1. The number of nitrogens with one attached hydrogen (secondary N) is 1. The second-order valence-corrected chi connectivity index (χ2v) is 9.30. The maximum Gasteiger partial charge on any atom is 0.255 e. The summed E-state index contributed by atoms with van der Waals surface area (Å²) in [5.41, 5.74) is 3.70. The molecular weight excluding hydrogens is 444 g/mol. The van der Waals surface area contributed by atoms with Crippen LogP contribution < -0.4 is 11.0 Å². The maximum absolute atomic E-state index is 13.5. The van der Waals surface area contributed by atoms with Crippen LogP contribution in [0.4, 0.5) is 0 Å². The second kappa shape index (κ2) is 7.90. The quantitative estimate of drug-likeness (QED) is 0.386. The maximum atomic E-state index is 13.5. The molecule has 0 saturated heterocycles. The first-order chi connectivity index (χ1) is 16.6. The molecule has 5 aromatic heterocycles. The van der Waals surface area contributed by atoms with E-state index in [-0.39, 0.29) is 16.7 Å². The van der Waals surface area contributed by atoms with Crippen molar-refractivity contribution in [3.63, 3.8) is 0 Å². The first-order valence-electron chi connectivity index (χ1n) is 10.7. The molecular formula is C27H18N4O2S. The minimum atomic E-state index is -0.270. The molecule has 1 N–H and O–H groups in total. The summed E-state index contributed by atoms with van der Waals surface area (Å²) in [5.74, 6) is 0. The summed E-state index contributed by atoms with van der Waals surface area (Å²) in [7, 11) is 0. The van der Waals surface area contributed by atoms with E-state index < -0.39 is 0 Å². The van der Waals surface area contributed by atoms with Crippen LogP contribution in [0.15, 0.2) is 94.9 Å². The highest BCUT2D eigenvalue weighted by Crippen LogP contribution is 2.36. The van der Waals surface area contributed by atoms with Crippen LogP contribution in [0.3, 0.4) is 0 Å². The van der Waals surface area contributed by atoms with Gasteiger partial charge in [-0.05, 0) is 55.0 Å². The Labute approximate surface area is 197 Å². The minimum absolute atomic E-state index is 0.257. The van der Waals surface area contributed by atoms with E-state index in [1.165, 1.54) is 15.5 Å². The molecule has 0 fully saturated rings. The molecule has 0 bridgehead atoms. The summed E-state index contributed by atoms with van der Waals surface area (Å²) in [6.45, 7) is 2.06. The van der Waals surface area contributed by atoms with Gasteiger partial charge in [-0.1, -0.05) is 18.2 Å². The van der Waals surface area contributed by atoms with E-state index in [0.717, 1.165) is 32.6 Å². The summed E-state index contributed by atoms with van der Waals surface area (Å²) in [6.07, 6.45) is 4.90. The lowest BCUT2D eigenvalue weighted by atomic mass is 9.99. The van der Waals surface area contributed by atoms with Gasteiger partial charge in [-0.25, -0.2) is 4.98 Å². The van der Waals surface area contributed by atoms with Gasteiger partial charge < -0.3 is 4.98 Å². The summed E-state index contributed by atoms with van der Waals surface area (Å²) in [5, 5.41) is 1.43. The van der Waals surface area contributed by atoms with Gasteiger partial charge in [0.15, 0.2) is 0 Å². The minimum Gasteiger partial charge on any atom is -0.344 e. The van der Waals surface area contributed by atoms with Gasteiger partial charge in [0.1, 0.15) is 11.3 Å². The predicted octanol–water partition coefficient (Wildman–Crippen LogP) is 5.33. The standard InChI is InChI=1S/C27H18N4O2S/c1-16-7-10-23(34-16)25-19(17-8-9-21-18(13-17)5-4-11-28-21)14-20-26(33)22(15-29-27(20)30-25)31-12-3-2-6-24(31)32/h2-15H,1H3,(H,29,30,33). The SMILES string of the molecule is Cc1ccc(-c2nc3[nH]cc(-n4ccccc4=O)c(=O)c3cc2-c2ccc3ncccc3c2)s1. The van der Waals surface area contributed by atoms with Crippen LogP contribution in [0.1, 0.15) is 4.88 Å². The van der Waals surface area contributed by atoms with Crippen LogP contribution in [0.2, 0.25) is 0 Å². The molecule has 6 nitrogen and oxygen atoms in total. The van der Waals surface area contributed by atoms with Crippen molar-refractivity contribution in [2.24, 2.45) is 0 Å². The van der Waals surface area contributed by atoms with Crippen LogP contribution in [-0.4, -0.2) is 19.5 Å². The smallest absolute Gasteiger partial charge is 0.255 e. The highest BCUT2D eigenvalue weighted by molar-refractivity contribution is 7.15. The Morgan fingerprint density at radius 2 is 1.88 bits per heavy atom. The number of aromatic nitrogens is 4. The third-order valence-corrected chi connectivity index (χ3v) is 6.82. The van der Waals surface area contributed by atoms with E-state index in [9.17, 15) is 9.59 Å². The average molecular weight is 463 g/mol. The van der Waals surface area contributed by atoms with Crippen LogP contribution in [0.5, 0.6) is 0 Å². The number of aromatic amines is 1. The zero-order valence-corrected chi connectivity index (χ0v) is 19.0. The van der Waals surface area contributed by atoms with E-state index in [2.05, 4.69) is 35.1 Å². The zero-order valence-electron chi connectivity index (χ0n) is 18.1. The molecule has 5 heterocycles. The number of hydrogen-bond acceptors (Lipinski definition) is 5. The molecule has 0 aliphatic carbocycles. The first-order valence-corrected chi connectivity index (χ1v) is 11.6. The summed E-state index contributed by atoms with van der Waals surface area (Å²) in [6, 6.07) is 20.8. The highest BCUT2D eigenvalue weighted by atomic mass is 32.1. The molecule has 0 saturated carbocycles. The number of H-pyrrole nitrogens is 1. The lowest BCUT2D eigenvalue weighted by molar-refractivity contribution is 0.972. The summed E-state index contributed by atoms with van der Waals surface area (Å²) in [4.78, 5) is 40.5. The number of thiophene rings is 1. The van der Waals surface area contributed by atoms with Crippen molar-refractivity contribution in [2.75, 3.05) is 0 Å². The topological polar surface area (TPSA) is 80.6 Å². The van der Waals surface area contributed by atoms with Gasteiger partial charge in [0.2, 0.25) is 5.43 Å². The normalized spacial score (nSPS) is 11.3. The Bertz CT molecular complexity index is 1830. The molecule has 0 unspecified atom stereocenters. The van der Waals surface area contributed by atoms with Gasteiger partial charge in [-0.15, -0.1) is 11.3 Å². The Hall–Kier alpha value is -4.36. The monoisotopic (exact) mass is 462 g/mol. The lowest BCUT2D eigenvalue weighted by Gasteiger charge is -2.12. The van der Waals surface area contributed by atoms with Gasteiger partial charge in [-0.2, -0.15) is 0 Å². The molecule has 164 valence electrons. The van der Waals surface area contributed by atoms with E-state index >= 15 is 0 Å². The van der Waals surface area contributed by atoms with Crippen molar-refractivity contribution >= 4 is 33.3 Å². The highest BCUT2D eigenvalue weighted by Gasteiger charge is 2.17. The van der Waals surface area contributed by atoms with Crippen molar-refractivity contribution in [3.05, 3.63) is 111 Å². The number of fused-ring (bicyclic) bond motifs is 2. The summed E-state index contributed by atoms with van der Waals surface area (Å²) >= 11 is 1.66. The molecule has 0 atom stereocenters.